The maximum Gasteiger partial charge on any atom is 0.305 e. The summed E-state index contributed by atoms with van der Waals surface area (Å²) in [5.74, 6) is -0.334. The first-order valence-electron chi connectivity index (χ1n) is 6.25. The molecule has 0 unspecified atom stereocenters. The van der Waals surface area contributed by atoms with Crippen molar-refractivity contribution in [1.29, 1.82) is 0 Å². The van der Waals surface area contributed by atoms with Crippen LogP contribution in [0.1, 0.15) is 18.4 Å². The van der Waals surface area contributed by atoms with Crippen molar-refractivity contribution in [3.63, 3.8) is 0 Å². The maximum absolute atomic E-state index is 11.6. The molecule has 1 aromatic carbocycles. The summed E-state index contributed by atoms with van der Waals surface area (Å²) in [6.45, 7) is 0.283. The molecule has 20 heavy (non-hydrogen) atoms. The van der Waals surface area contributed by atoms with E-state index in [1.807, 2.05) is 0 Å². The standard InChI is InChI=1S/C13H19NO5S/c1-19-13(16)3-2-10-20(17,18)14-9-8-11-4-6-12(15)7-5-11/h4-7,14-15H,2-3,8-10H2,1H3. The molecule has 0 saturated carbocycles. The van der Waals surface area contributed by atoms with Crippen LogP contribution in [-0.2, 0) is 26.0 Å². The number of carbonyl (C=O) groups is 1. The van der Waals surface area contributed by atoms with Crippen LogP contribution < -0.4 is 4.72 Å². The average molecular weight is 301 g/mol. The first-order valence-corrected chi connectivity index (χ1v) is 7.90. The van der Waals surface area contributed by atoms with Gasteiger partial charge in [-0.3, -0.25) is 4.79 Å². The van der Waals surface area contributed by atoms with Crippen molar-refractivity contribution in [3.05, 3.63) is 29.8 Å². The molecule has 6 nitrogen and oxygen atoms in total. The lowest BCUT2D eigenvalue weighted by Gasteiger charge is -2.06. The van der Waals surface area contributed by atoms with Gasteiger partial charge in [0.2, 0.25) is 10.0 Å². The van der Waals surface area contributed by atoms with Crippen molar-refractivity contribution < 1.29 is 23.1 Å². The van der Waals surface area contributed by atoms with E-state index in [4.69, 9.17) is 5.11 Å². The molecule has 2 N–H and O–H groups in total. The zero-order chi connectivity index (χ0) is 15.0. The van der Waals surface area contributed by atoms with Crippen LogP contribution in [-0.4, -0.2) is 38.9 Å². The lowest BCUT2D eigenvalue weighted by atomic mass is 10.1. The quantitative estimate of drug-likeness (QED) is 0.693. The summed E-state index contributed by atoms with van der Waals surface area (Å²) in [5.41, 5.74) is 0.931. The van der Waals surface area contributed by atoms with Gasteiger partial charge in [0.1, 0.15) is 5.75 Å². The molecule has 0 atom stereocenters. The van der Waals surface area contributed by atoms with Crippen molar-refractivity contribution in [2.75, 3.05) is 19.4 Å². The molecule has 0 saturated heterocycles. The Morgan fingerprint density at radius 1 is 1.30 bits per heavy atom. The summed E-state index contributed by atoms with van der Waals surface area (Å²) in [4.78, 5) is 10.9. The van der Waals surface area contributed by atoms with E-state index in [1.165, 1.54) is 7.11 Å². The molecule has 0 heterocycles. The summed E-state index contributed by atoms with van der Waals surface area (Å²) in [6, 6.07) is 6.59. The van der Waals surface area contributed by atoms with Gasteiger partial charge in [0.15, 0.2) is 0 Å². The molecule has 0 aliphatic heterocycles. The van der Waals surface area contributed by atoms with Crippen LogP contribution >= 0.6 is 0 Å². The van der Waals surface area contributed by atoms with E-state index in [0.717, 1.165) is 5.56 Å². The number of esters is 1. The fourth-order valence-electron chi connectivity index (χ4n) is 1.59. The van der Waals surface area contributed by atoms with Crippen LogP contribution in [0.15, 0.2) is 24.3 Å². The number of rotatable bonds is 8. The van der Waals surface area contributed by atoms with Gasteiger partial charge in [-0.05, 0) is 30.5 Å². The van der Waals surface area contributed by atoms with Crippen LogP contribution in [0.25, 0.3) is 0 Å². The Morgan fingerprint density at radius 3 is 2.55 bits per heavy atom. The van der Waals surface area contributed by atoms with Gasteiger partial charge in [0.25, 0.3) is 0 Å². The van der Waals surface area contributed by atoms with Crippen LogP contribution in [0.3, 0.4) is 0 Å². The first-order chi connectivity index (χ1) is 9.43. The Kier molecular flexibility index (Phi) is 6.47. The van der Waals surface area contributed by atoms with Gasteiger partial charge in [-0.1, -0.05) is 12.1 Å². The van der Waals surface area contributed by atoms with Gasteiger partial charge < -0.3 is 9.84 Å². The lowest BCUT2D eigenvalue weighted by molar-refractivity contribution is -0.140. The van der Waals surface area contributed by atoms with E-state index < -0.39 is 16.0 Å². The molecule has 1 rings (SSSR count). The van der Waals surface area contributed by atoms with Crippen LogP contribution in [0.2, 0.25) is 0 Å². The van der Waals surface area contributed by atoms with E-state index in [1.54, 1.807) is 24.3 Å². The van der Waals surface area contributed by atoms with Crippen LogP contribution in [0.5, 0.6) is 5.75 Å². The second-order valence-electron chi connectivity index (χ2n) is 4.31. The molecule has 7 heteroatoms. The van der Waals surface area contributed by atoms with E-state index in [0.29, 0.717) is 6.42 Å². The predicted octanol–water partition coefficient (Wildman–Crippen LogP) is 0.807. The molecule has 0 amide bonds. The second kappa shape index (κ2) is 7.86. The smallest absolute Gasteiger partial charge is 0.305 e. The van der Waals surface area contributed by atoms with Gasteiger partial charge in [0.05, 0.1) is 12.9 Å². The zero-order valence-electron chi connectivity index (χ0n) is 11.3. The molecule has 0 aromatic heterocycles. The third kappa shape index (κ3) is 6.53. The third-order valence-electron chi connectivity index (χ3n) is 2.69. The predicted molar refractivity (Wildman–Crippen MR) is 74.9 cm³/mol. The van der Waals surface area contributed by atoms with Crippen molar-refractivity contribution in [2.24, 2.45) is 0 Å². The maximum atomic E-state index is 11.6. The molecule has 0 aliphatic rings. The molecular weight excluding hydrogens is 282 g/mol. The molecule has 0 spiro atoms. The number of hydrogen-bond acceptors (Lipinski definition) is 5. The minimum Gasteiger partial charge on any atom is -0.508 e. The zero-order valence-corrected chi connectivity index (χ0v) is 12.1. The lowest BCUT2D eigenvalue weighted by Crippen LogP contribution is -2.28. The molecule has 0 aliphatic carbocycles. The molecule has 0 fully saturated rings. The van der Waals surface area contributed by atoms with E-state index in [2.05, 4.69) is 9.46 Å². The van der Waals surface area contributed by atoms with Gasteiger partial charge >= 0.3 is 5.97 Å². The van der Waals surface area contributed by atoms with E-state index in [-0.39, 0.29) is 30.9 Å². The van der Waals surface area contributed by atoms with E-state index in [9.17, 15) is 13.2 Å². The van der Waals surface area contributed by atoms with Crippen LogP contribution in [0.4, 0.5) is 0 Å². The summed E-state index contributed by atoms with van der Waals surface area (Å²) >= 11 is 0. The Bertz CT molecular complexity index is 524. The Morgan fingerprint density at radius 2 is 1.95 bits per heavy atom. The Labute approximate surface area is 118 Å². The summed E-state index contributed by atoms with van der Waals surface area (Å²) in [6.07, 6.45) is 0.868. The number of methoxy groups -OCH3 is 1. The number of carbonyl (C=O) groups excluding carboxylic acids is 1. The Hall–Kier alpha value is -1.60. The van der Waals surface area contributed by atoms with Gasteiger partial charge in [-0.15, -0.1) is 0 Å². The fourth-order valence-corrected chi connectivity index (χ4v) is 2.68. The molecule has 0 radical (unpaired) electrons. The molecule has 0 bridgehead atoms. The van der Waals surface area contributed by atoms with Gasteiger partial charge in [0, 0.05) is 13.0 Å². The van der Waals surface area contributed by atoms with Crippen molar-refractivity contribution in [3.8, 4) is 5.75 Å². The topological polar surface area (TPSA) is 92.7 Å². The highest BCUT2D eigenvalue weighted by Crippen LogP contribution is 2.09. The minimum atomic E-state index is -3.37. The Balaban J connectivity index is 2.29. The monoisotopic (exact) mass is 301 g/mol. The number of nitrogens with one attached hydrogen (secondary N) is 1. The number of sulfonamides is 1. The average Bonchev–Trinajstić information content (AvgIpc) is 2.40. The van der Waals surface area contributed by atoms with Crippen molar-refractivity contribution in [1.82, 2.24) is 4.72 Å². The first kappa shape index (κ1) is 16.5. The van der Waals surface area contributed by atoms with E-state index >= 15 is 0 Å². The highest BCUT2D eigenvalue weighted by Gasteiger charge is 2.11. The number of phenols is 1. The van der Waals surface area contributed by atoms with Gasteiger partial charge in [-0.2, -0.15) is 0 Å². The summed E-state index contributed by atoms with van der Waals surface area (Å²) in [7, 11) is -2.10. The third-order valence-corrected chi connectivity index (χ3v) is 4.16. The molecular formula is C13H19NO5S. The highest BCUT2D eigenvalue weighted by molar-refractivity contribution is 7.89. The number of phenolic OH excluding ortho intramolecular Hbond substituents is 1. The van der Waals surface area contributed by atoms with Gasteiger partial charge in [-0.25, -0.2) is 13.1 Å². The second-order valence-corrected chi connectivity index (χ2v) is 6.24. The van der Waals surface area contributed by atoms with Crippen molar-refractivity contribution >= 4 is 16.0 Å². The summed E-state index contributed by atoms with van der Waals surface area (Å²) in [5, 5.41) is 9.12. The summed E-state index contributed by atoms with van der Waals surface area (Å²) < 4.78 is 30.2. The number of aromatic hydroxyl groups is 1. The largest absolute Gasteiger partial charge is 0.508 e. The number of benzene rings is 1. The number of ether oxygens (including phenoxy) is 1. The SMILES string of the molecule is COC(=O)CCCS(=O)(=O)NCCc1ccc(O)cc1. The molecule has 112 valence electrons. The highest BCUT2D eigenvalue weighted by atomic mass is 32.2. The minimum absolute atomic E-state index is 0.0926. The van der Waals surface area contributed by atoms with Crippen molar-refractivity contribution in [2.45, 2.75) is 19.3 Å². The van der Waals surface area contributed by atoms with Crippen LogP contribution in [0, 0.1) is 0 Å². The normalized spacial score (nSPS) is 11.2. The fraction of sp³-hybridized carbons (Fsp3) is 0.462. The molecule has 1 aromatic rings. The number of hydrogen-bond donors (Lipinski definition) is 2.